The Morgan fingerprint density at radius 3 is 2.36 bits per heavy atom. The lowest BCUT2D eigenvalue weighted by Crippen LogP contribution is -2.29. The molecule has 1 aliphatic rings. The number of sulfonamides is 1. The van der Waals surface area contributed by atoms with E-state index in [0.29, 0.717) is 18.8 Å². The Labute approximate surface area is 147 Å². The summed E-state index contributed by atoms with van der Waals surface area (Å²) in [4.78, 5) is 23.5. The Balaban J connectivity index is 2.00. The van der Waals surface area contributed by atoms with Crippen molar-refractivity contribution in [3.05, 3.63) is 36.4 Å². The fourth-order valence-electron chi connectivity index (χ4n) is 2.43. The van der Waals surface area contributed by atoms with Gasteiger partial charge in [0.05, 0.1) is 4.90 Å². The molecule has 1 heterocycles. The van der Waals surface area contributed by atoms with Crippen molar-refractivity contribution >= 4 is 27.6 Å². The Morgan fingerprint density at radius 2 is 1.80 bits per heavy atom. The van der Waals surface area contributed by atoms with E-state index in [1.807, 2.05) is 0 Å². The predicted octanol–water partition coefficient (Wildman–Crippen LogP) is 1.92. The van der Waals surface area contributed by atoms with Crippen molar-refractivity contribution < 1.29 is 22.7 Å². The lowest BCUT2D eigenvalue weighted by atomic mass is 10.3. The summed E-state index contributed by atoms with van der Waals surface area (Å²) in [7, 11) is -3.48. The third kappa shape index (κ3) is 4.90. The summed E-state index contributed by atoms with van der Waals surface area (Å²) in [6, 6.07) is 5.95. The van der Waals surface area contributed by atoms with Crippen molar-refractivity contribution in [1.29, 1.82) is 0 Å². The minimum Gasteiger partial charge on any atom is -0.449 e. The molecule has 1 fully saturated rings. The van der Waals surface area contributed by atoms with Gasteiger partial charge in [0.1, 0.15) is 0 Å². The summed E-state index contributed by atoms with van der Waals surface area (Å²) in [6.07, 6.45) is 3.53. The Kier molecular flexibility index (Phi) is 6.33. The molecule has 2 rings (SSSR count). The van der Waals surface area contributed by atoms with Crippen molar-refractivity contribution in [2.75, 3.05) is 18.4 Å². The summed E-state index contributed by atoms with van der Waals surface area (Å²) in [5.41, 5.74) is 0.430. The van der Waals surface area contributed by atoms with Crippen molar-refractivity contribution in [2.24, 2.45) is 0 Å². The Bertz CT molecular complexity index is 750. The normalized spacial score (nSPS) is 16.7. The van der Waals surface area contributed by atoms with E-state index in [1.54, 1.807) is 6.92 Å². The first-order valence-electron chi connectivity index (χ1n) is 8.09. The maximum Gasteiger partial charge on any atom is 0.331 e. The van der Waals surface area contributed by atoms with Gasteiger partial charge >= 0.3 is 5.97 Å². The minimum atomic E-state index is -3.48. The highest BCUT2D eigenvalue weighted by molar-refractivity contribution is 7.89. The number of esters is 1. The van der Waals surface area contributed by atoms with E-state index in [2.05, 4.69) is 5.32 Å². The van der Waals surface area contributed by atoms with Crippen LogP contribution in [0.5, 0.6) is 0 Å². The van der Waals surface area contributed by atoms with Gasteiger partial charge in [0, 0.05) is 24.9 Å². The van der Waals surface area contributed by atoms with Gasteiger partial charge in [0.25, 0.3) is 5.91 Å². The topological polar surface area (TPSA) is 92.8 Å². The molecule has 1 atom stereocenters. The number of carbonyl (C=O) groups excluding carboxylic acids is 2. The van der Waals surface area contributed by atoms with E-state index in [9.17, 15) is 18.0 Å². The smallest absolute Gasteiger partial charge is 0.331 e. The standard InChI is InChI=1S/C17H22N2O5S/c1-3-6-16(20)24-13(2)17(21)18-14-7-9-15(10-8-14)25(22,23)19-11-4-5-12-19/h3,6-10,13H,4-5,11-12H2,1-2H3,(H,18,21)/b6-3+/t13-/m1/s1. The van der Waals surface area contributed by atoms with Crippen LogP contribution in [0.1, 0.15) is 26.7 Å². The van der Waals surface area contributed by atoms with Crippen molar-refractivity contribution in [3.8, 4) is 0 Å². The SMILES string of the molecule is C/C=C/C(=O)O[C@H](C)C(=O)Nc1ccc(S(=O)(=O)N2CCCC2)cc1. The monoisotopic (exact) mass is 366 g/mol. The van der Waals surface area contributed by atoms with Gasteiger partial charge in [0.15, 0.2) is 6.10 Å². The summed E-state index contributed by atoms with van der Waals surface area (Å²) in [5, 5.41) is 2.59. The second-order valence-corrected chi connectivity index (χ2v) is 7.64. The van der Waals surface area contributed by atoms with Crippen LogP contribution in [0.3, 0.4) is 0 Å². The molecule has 25 heavy (non-hydrogen) atoms. The van der Waals surface area contributed by atoms with Crippen LogP contribution in [0, 0.1) is 0 Å². The Morgan fingerprint density at radius 1 is 1.20 bits per heavy atom. The van der Waals surface area contributed by atoms with Gasteiger partial charge in [0.2, 0.25) is 10.0 Å². The van der Waals surface area contributed by atoms with Gasteiger partial charge in [-0.2, -0.15) is 4.31 Å². The van der Waals surface area contributed by atoms with E-state index >= 15 is 0 Å². The highest BCUT2D eigenvalue weighted by Gasteiger charge is 2.27. The van der Waals surface area contributed by atoms with Crippen LogP contribution in [-0.2, 0) is 24.3 Å². The average molecular weight is 366 g/mol. The van der Waals surface area contributed by atoms with Crippen LogP contribution in [0.2, 0.25) is 0 Å². The zero-order chi connectivity index (χ0) is 18.4. The molecule has 0 spiro atoms. The lowest BCUT2D eigenvalue weighted by Gasteiger charge is -2.16. The van der Waals surface area contributed by atoms with Gasteiger partial charge in [-0.15, -0.1) is 0 Å². The first-order chi connectivity index (χ1) is 11.8. The third-order valence-corrected chi connectivity index (χ3v) is 5.70. The summed E-state index contributed by atoms with van der Waals surface area (Å²) in [6.45, 7) is 4.21. The molecular weight excluding hydrogens is 344 g/mol. The number of nitrogens with zero attached hydrogens (tertiary/aromatic N) is 1. The zero-order valence-electron chi connectivity index (χ0n) is 14.3. The number of rotatable bonds is 6. The Hall–Kier alpha value is -2.19. The number of anilines is 1. The first-order valence-corrected chi connectivity index (χ1v) is 9.53. The number of ether oxygens (including phenoxy) is 1. The van der Waals surface area contributed by atoms with Gasteiger partial charge < -0.3 is 10.1 Å². The highest BCUT2D eigenvalue weighted by atomic mass is 32.2. The lowest BCUT2D eigenvalue weighted by molar-refractivity contribution is -0.148. The van der Waals surface area contributed by atoms with Gasteiger partial charge in [-0.05, 0) is 51.0 Å². The molecule has 1 aliphatic heterocycles. The quantitative estimate of drug-likeness (QED) is 0.613. The number of allylic oxidation sites excluding steroid dienone is 1. The van der Waals surface area contributed by atoms with Crippen LogP contribution >= 0.6 is 0 Å². The molecule has 1 N–H and O–H groups in total. The van der Waals surface area contributed by atoms with E-state index < -0.39 is 28.0 Å². The second kappa shape index (κ2) is 8.26. The molecule has 7 nitrogen and oxygen atoms in total. The molecule has 0 aromatic heterocycles. The second-order valence-electron chi connectivity index (χ2n) is 5.70. The number of hydrogen-bond donors (Lipinski definition) is 1. The molecule has 0 radical (unpaired) electrons. The fraction of sp³-hybridized carbons (Fsp3) is 0.412. The van der Waals surface area contributed by atoms with Gasteiger partial charge in [-0.25, -0.2) is 13.2 Å². The number of carbonyl (C=O) groups is 2. The molecule has 1 aromatic carbocycles. The molecule has 136 valence electrons. The molecule has 1 saturated heterocycles. The highest BCUT2D eigenvalue weighted by Crippen LogP contribution is 2.22. The van der Waals surface area contributed by atoms with Crippen LogP contribution in [0.4, 0.5) is 5.69 Å². The molecule has 1 amide bonds. The fourth-order valence-corrected chi connectivity index (χ4v) is 3.95. The van der Waals surface area contributed by atoms with E-state index in [0.717, 1.165) is 12.8 Å². The van der Waals surface area contributed by atoms with Crippen LogP contribution in [-0.4, -0.2) is 43.8 Å². The maximum atomic E-state index is 12.4. The van der Waals surface area contributed by atoms with Crippen molar-refractivity contribution in [1.82, 2.24) is 4.31 Å². The van der Waals surface area contributed by atoms with Gasteiger partial charge in [-0.1, -0.05) is 6.08 Å². The van der Waals surface area contributed by atoms with Crippen LogP contribution in [0.15, 0.2) is 41.3 Å². The molecule has 1 aromatic rings. The molecule has 0 aliphatic carbocycles. The number of nitrogens with one attached hydrogen (secondary N) is 1. The van der Waals surface area contributed by atoms with E-state index in [4.69, 9.17) is 4.74 Å². The van der Waals surface area contributed by atoms with E-state index in [-0.39, 0.29) is 4.90 Å². The number of amides is 1. The van der Waals surface area contributed by atoms with Gasteiger partial charge in [-0.3, -0.25) is 4.79 Å². The third-order valence-electron chi connectivity index (χ3n) is 3.79. The molecule has 8 heteroatoms. The van der Waals surface area contributed by atoms with Crippen molar-refractivity contribution in [2.45, 2.75) is 37.7 Å². The van der Waals surface area contributed by atoms with Crippen LogP contribution in [0.25, 0.3) is 0 Å². The summed E-state index contributed by atoms with van der Waals surface area (Å²) in [5.74, 6) is -1.09. The molecular formula is C17H22N2O5S. The number of benzene rings is 1. The first kappa shape index (κ1) is 19.1. The summed E-state index contributed by atoms with van der Waals surface area (Å²) >= 11 is 0. The van der Waals surface area contributed by atoms with Crippen molar-refractivity contribution in [3.63, 3.8) is 0 Å². The largest absolute Gasteiger partial charge is 0.449 e. The minimum absolute atomic E-state index is 0.194. The molecule has 0 saturated carbocycles. The van der Waals surface area contributed by atoms with E-state index in [1.165, 1.54) is 47.6 Å². The molecule has 0 bridgehead atoms. The maximum absolute atomic E-state index is 12.4. The number of hydrogen-bond acceptors (Lipinski definition) is 5. The molecule has 0 unspecified atom stereocenters. The average Bonchev–Trinajstić information content (AvgIpc) is 3.10. The zero-order valence-corrected chi connectivity index (χ0v) is 15.1. The predicted molar refractivity (Wildman–Crippen MR) is 93.4 cm³/mol. The summed E-state index contributed by atoms with van der Waals surface area (Å²) < 4.78 is 31.3. The van der Waals surface area contributed by atoms with Crippen LogP contribution < -0.4 is 5.32 Å².